The highest BCUT2D eigenvalue weighted by Crippen LogP contribution is 2.29. The van der Waals surface area contributed by atoms with Gasteiger partial charge >= 0.3 is 5.97 Å². The Morgan fingerprint density at radius 1 is 1.19 bits per heavy atom. The van der Waals surface area contributed by atoms with Gasteiger partial charge in [0, 0.05) is 31.6 Å². The van der Waals surface area contributed by atoms with Crippen molar-refractivity contribution in [2.24, 2.45) is 5.92 Å². The van der Waals surface area contributed by atoms with Crippen LogP contribution in [-0.2, 0) is 23.9 Å². The number of anilines is 1. The standard InChI is InChI=1S/C19H22N2O5/c1-12-5-3-6-15(13(12)2)21-10-14(9-17(21)23)19(25)26-11-18(24)20-8-4-7-16(20)22/h3,5-6,14H,4,7-11H2,1-2H3/t14-/m1/s1. The largest absolute Gasteiger partial charge is 0.455 e. The average Bonchev–Trinajstić information content (AvgIpc) is 3.21. The number of amides is 3. The fraction of sp³-hybridized carbons (Fsp3) is 0.474. The molecule has 3 amide bonds. The zero-order chi connectivity index (χ0) is 18.8. The molecule has 1 atom stereocenters. The van der Waals surface area contributed by atoms with Crippen molar-refractivity contribution >= 4 is 29.4 Å². The van der Waals surface area contributed by atoms with Gasteiger partial charge < -0.3 is 9.64 Å². The minimum atomic E-state index is -0.607. The van der Waals surface area contributed by atoms with Gasteiger partial charge in [0.05, 0.1) is 5.92 Å². The summed E-state index contributed by atoms with van der Waals surface area (Å²) >= 11 is 0. The maximum Gasteiger partial charge on any atom is 0.311 e. The van der Waals surface area contributed by atoms with Gasteiger partial charge in [0.25, 0.3) is 5.91 Å². The minimum Gasteiger partial charge on any atom is -0.455 e. The van der Waals surface area contributed by atoms with Crippen LogP contribution in [0.5, 0.6) is 0 Å². The Morgan fingerprint density at radius 2 is 1.96 bits per heavy atom. The quantitative estimate of drug-likeness (QED) is 0.759. The maximum atomic E-state index is 12.3. The molecule has 1 aromatic carbocycles. The molecule has 0 N–H and O–H groups in total. The molecule has 2 aliphatic rings. The number of rotatable bonds is 4. The highest BCUT2D eigenvalue weighted by Gasteiger charge is 2.37. The van der Waals surface area contributed by atoms with E-state index in [0.717, 1.165) is 21.7 Å². The number of aryl methyl sites for hydroxylation is 1. The number of esters is 1. The Labute approximate surface area is 151 Å². The molecular weight excluding hydrogens is 336 g/mol. The Morgan fingerprint density at radius 3 is 2.65 bits per heavy atom. The lowest BCUT2D eigenvalue weighted by Gasteiger charge is -2.20. The molecule has 26 heavy (non-hydrogen) atoms. The molecule has 0 radical (unpaired) electrons. The van der Waals surface area contributed by atoms with Crippen molar-refractivity contribution in [3.8, 4) is 0 Å². The predicted octanol–water partition coefficient (Wildman–Crippen LogP) is 1.35. The van der Waals surface area contributed by atoms with Crippen molar-refractivity contribution in [2.75, 3.05) is 24.6 Å². The van der Waals surface area contributed by atoms with E-state index in [1.165, 1.54) is 0 Å². The third kappa shape index (κ3) is 3.47. The smallest absolute Gasteiger partial charge is 0.311 e. The summed E-state index contributed by atoms with van der Waals surface area (Å²) in [5.41, 5.74) is 2.86. The molecule has 138 valence electrons. The number of benzene rings is 1. The number of nitrogens with zero attached hydrogens (tertiary/aromatic N) is 2. The molecule has 2 heterocycles. The molecular formula is C19H22N2O5. The summed E-state index contributed by atoms with van der Waals surface area (Å²) in [6.07, 6.45) is 1.05. The summed E-state index contributed by atoms with van der Waals surface area (Å²) in [5, 5.41) is 0. The lowest BCUT2D eigenvalue weighted by atomic mass is 10.1. The number of likely N-dealkylation sites (tertiary alicyclic amines) is 1. The van der Waals surface area contributed by atoms with E-state index in [4.69, 9.17) is 4.74 Å². The van der Waals surface area contributed by atoms with Crippen LogP contribution in [0.25, 0.3) is 0 Å². The van der Waals surface area contributed by atoms with Crippen molar-refractivity contribution < 1.29 is 23.9 Å². The normalized spacial score (nSPS) is 20.0. The number of hydrogen-bond acceptors (Lipinski definition) is 5. The number of imide groups is 1. The predicted molar refractivity (Wildman–Crippen MR) is 93.3 cm³/mol. The second-order valence-corrected chi connectivity index (χ2v) is 6.77. The average molecular weight is 358 g/mol. The first kappa shape index (κ1) is 18.1. The van der Waals surface area contributed by atoms with Crippen molar-refractivity contribution in [2.45, 2.75) is 33.1 Å². The first-order valence-corrected chi connectivity index (χ1v) is 8.75. The first-order chi connectivity index (χ1) is 12.4. The monoisotopic (exact) mass is 358 g/mol. The Bertz CT molecular complexity index is 773. The van der Waals surface area contributed by atoms with E-state index in [1.54, 1.807) is 4.90 Å². The fourth-order valence-electron chi connectivity index (χ4n) is 3.37. The van der Waals surface area contributed by atoms with Crippen LogP contribution in [0, 0.1) is 19.8 Å². The van der Waals surface area contributed by atoms with E-state index in [-0.39, 0.29) is 24.8 Å². The Kier molecular flexibility index (Phi) is 5.06. The lowest BCUT2D eigenvalue weighted by Crippen LogP contribution is -2.36. The van der Waals surface area contributed by atoms with Crippen LogP contribution < -0.4 is 4.90 Å². The number of hydrogen-bond donors (Lipinski definition) is 0. The van der Waals surface area contributed by atoms with Gasteiger partial charge in [-0.3, -0.25) is 24.1 Å². The number of carbonyl (C=O) groups excluding carboxylic acids is 4. The van der Waals surface area contributed by atoms with Crippen molar-refractivity contribution in [1.29, 1.82) is 0 Å². The van der Waals surface area contributed by atoms with E-state index < -0.39 is 24.4 Å². The maximum absolute atomic E-state index is 12.3. The zero-order valence-corrected chi connectivity index (χ0v) is 15.0. The molecule has 2 aliphatic heterocycles. The fourth-order valence-corrected chi connectivity index (χ4v) is 3.37. The van der Waals surface area contributed by atoms with Gasteiger partial charge in [-0.2, -0.15) is 0 Å². The Balaban J connectivity index is 1.59. The molecule has 7 heteroatoms. The molecule has 0 bridgehead atoms. The Hall–Kier alpha value is -2.70. The van der Waals surface area contributed by atoms with Crippen LogP contribution in [0.15, 0.2) is 18.2 Å². The first-order valence-electron chi connectivity index (χ1n) is 8.75. The van der Waals surface area contributed by atoms with E-state index in [1.807, 2.05) is 32.0 Å². The molecule has 3 rings (SSSR count). The summed E-state index contributed by atoms with van der Waals surface area (Å²) in [6, 6.07) is 5.70. The number of ether oxygens (including phenoxy) is 1. The summed E-state index contributed by atoms with van der Waals surface area (Å²) in [4.78, 5) is 50.8. The van der Waals surface area contributed by atoms with Crippen LogP contribution in [0.4, 0.5) is 5.69 Å². The van der Waals surface area contributed by atoms with Gasteiger partial charge in [-0.1, -0.05) is 12.1 Å². The highest BCUT2D eigenvalue weighted by molar-refractivity contribution is 6.01. The van der Waals surface area contributed by atoms with Crippen LogP contribution in [0.3, 0.4) is 0 Å². The molecule has 0 unspecified atom stereocenters. The molecule has 2 fully saturated rings. The van der Waals surface area contributed by atoms with Crippen molar-refractivity contribution in [1.82, 2.24) is 4.90 Å². The van der Waals surface area contributed by atoms with E-state index >= 15 is 0 Å². The van der Waals surface area contributed by atoms with E-state index in [0.29, 0.717) is 19.4 Å². The molecule has 7 nitrogen and oxygen atoms in total. The third-order valence-electron chi connectivity index (χ3n) is 5.04. The summed E-state index contributed by atoms with van der Waals surface area (Å²) in [5.74, 6) is -2.06. The molecule has 0 saturated carbocycles. The summed E-state index contributed by atoms with van der Waals surface area (Å²) in [7, 11) is 0. The molecule has 0 aliphatic carbocycles. The van der Waals surface area contributed by atoms with Gasteiger partial charge in [-0.25, -0.2) is 0 Å². The topological polar surface area (TPSA) is 84.0 Å². The van der Waals surface area contributed by atoms with Gasteiger partial charge in [-0.15, -0.1) is 0 Å². The zero-order valence-electron chi connectivity index (χ0n) is 15.0. The van der Waals surface area contributed by atoms with E-state index in [2.05, 4.69) is 0 Å². The van der Waals surface area contributed by atoms with Gasteiger partial charge in [0.1, 0.15) is 0 Å². The van der Waals surface area contributed by atoms with Crippen LogP contribution in [-0.4, -0.2) is 48.3 Å². The molecule has 0 spiro atoms. The van der Waals surface area contributed by atoms with Crippen molar-refractivity contribution in [3.05, 3.63) is 29.3 Å². The molecule has 0 aromatic heterocycles. The number of carbonyl (C=O) groups is 4. The molecule has 2 saturated heterocycles. The van der Waals surface area contributed by atoms with Crippen LogP contribution >= 0.6 is 0 Å². The van der Waals surface area contributed by atoms with Crippen LogP contribution in [0.1, 0.15) is 30.4 Å². The second kappa shape index (κ2) is 7.27. The van der Waals surface area contributed by atoms with Crippen molar-refractivity contribution in [3.63, 3.8) is 0 Å². The molecule has 1 aromatic rings. The van der Waals surface area contributed by atoms with Gasteiger partial charge in [0.2, 0.25) is 11.8 Å². The highest BCUT2D eigenvalue weighted by atomic mass is 16.5. The lowest BCUT2D eigenvalue weighted by molar-refractivity contribution is -0.157. The van der Waals surface area contributed by atoms with Gasteiger partial charge in [-0.05, 0) is 37.5 Å². The van der Waals surface area contributed by atoms with E-state index in [9.17, 15) is 19.2 Å². The summed E-state index contributed by atoms with van der Waals surface area (Å²) in [6.45, 7) is 4.06. The second-order valence-electron chi connectivity index (χ2n) is 6.77. The van der Waals surface area contributed by atoms with Gasteiger partial charge in [0.15, 0.2) is 6.61 Å². The summed E-state index contributed by atoms with van der Waals surface area (Å²) < 4.78 is 5.07. The SMILES string of the molecule is Cc1cccc(N2C[C@H](C(=O)OCC(=O)N3CCCC3=O)CC2=O)c1C. The minimum absolute atomic E-state index is 0.0586. The third-order valence-corrected chi connectivity index (χ3v) is 5.04. The van der Waals surface area contributed by atoms with Crippen LogP contribution in [0.2, 0.25) is 0 Å².